The fraction of sp³-hybridized carbons (Fsp3) is 0.500. The maximum atomic E-state index is 13.2. The number of ether oxygens (including phenoxy) is 1. The van der Waals surface area contributed by atoms with Gasteiger partial charge in [0.2, 0.25) is 0 Å². The van der Waals surface area contributed by atoms with E-state index in [1.165, 1.54) is 12.1 Å². The molecule has 0 aliphatic carbocycles. The Kier molecular flexibility index (Phi) is 5.16. The van der Waals surface area contributed by atoms with E-state index < -0.39 is 11.4 Å². The van der Waals surface area contributed by atoms with Crippen LogP contribution in [0.3, 0.4) is 0 Å². The number of halogens is 4. The highest BCUT2D eigenvalue weighted by Crippen LogP contribution is 2.45. The Hall–Kier alpha value is -0.240. The summed E-state index contributed by atoms with van der Waals surface area (Å²) in [5.41, 5.74) is 0.271. The van der Waals surface area contributed by atoms with Gasteiger partial charge in [0.05, 0.1) is 13.2 Å². The third-order valence-corrected chi connectivity index (χ3v) is 4.64. The molecule has 1 heterocycles. The van der Waals surface area contributed by atoms with Crippen LogP contribution in [0.25, 0.3) is 0 Å². The van der Waals surface area contributed by atoms with E-state index in [0.29, 0.717) is 26.3 Å². The molecule has 106 valence electrons. The lowest BCUT2D eigenvalue weighted by molar-refractivity contribution is -0.130. The molecular weight excluding hydrogens is 343 g/mol. The molecule has 1 atom stereocenters. The van der Waals surface area contributed by atoms with Gasteiger partial charge < -0.3 is 4.74 Å². The highest BCUT2D eigenvalue weighted by Gasteiger charge is 2.42. The van der Waals surface area contributed by atoms with Crippen molar-refractivity contribution < 1.29 is 17.9 Å². The fourth-order valence-corrected chi connectivity index (χ4v) is 3.07. The molecule has 1 aliphatic heterocycles. The van der Waals surface area contributed by atoms with Gasteiger partial charge in [0.15, 0.2) is 0 Å². The summed E-state index contributed by atoms with van der Waals surface area (Å²) in [5, 5.41) is -1.53. The second kappa shape index (κ2) is 6.47. The van der Waals surface area contributed by atoms with Gasteiger partial charge in [-0.3, -0.25) is 0 Å². The van der Waals surface area contributed by atoms with Gasteiger partial charge in [-0.25, -0.2) is 4.31 Å². The number of morpholine rings is 1. The summed E-state index contributed by atoms with van der Waals surface area (Å²) >= 11 is 4.07. The van der Waals surface area contributed by atoms with E-state index in [1.807, 2.05) is 0 Å². The predicted molar refractivity (Wildman–Crippen MR) is 72.9 cm³/mol. The summed E-state index contributed by atoms with van der Waals surface area (Å²) in [6.45, 7) is 2.01. The zero-order valence-corrected chi connectivity index (χ0v) is 12.4. The molecular formula is C12H13BrF3NOS. The van der Waals surface area contributed by atoms with Crippen molar-refractivity contribution in [1.82, 2.24) is 4.31 Å². The summed E-state index contributed by atoms with van der Waals surface area (Å²) in [7, 11) is 0. The van der Waals surface area contributed by atoms with E-state index in [-0.39, 0.29) is 5.56 Å². The maximum Gasteiger partial charge on any atom is 0.405 e. The van der Waals surface area contributed by atoms with Crippen LogP contribution in [-0.2, 0) is 4.74 Å². The minimum atomic E-state index is -4.27. The van der Waals surface area contributed by atoms with Crippen LogP contribution in [-0.4, -0.2) is 36.8 Å². The van der Waals surface area contributed by atoms with Crippen molar-refractivity contribution in [2.24, 2.45) is 0 Å². The van der Waals surface area contributed by atoms with Gasteiger partial charge in [0, 0.05) is 17.6 Å². The van der Waals surface area contributed by atoms with Gasteiger partial charge in [0.25, 0.3) is 0 Å². The molecule has 1 aliphatic rings. The second-order valence-corrected chi connectivity index (χ2v) is 6.23. The molecule has 1 fully saturated rings. The van der Waals surface area contributed by atoms with E-state index in [2.05, 4.69) is 15.9 Å². The van der Waals surface area contributed by atoms with Crippen molar-refractivity contribution in [3.8, 4) is 0 Å². The zero-order valence-electron chi connectivity index (χ0n) is 9.99. The first kappa shape index (κ1) is 15.2. The molecule has 2 nitrogen and oxygen atoms in total. The minimum Gasteiger partial charge on any atom is -0.379 e. The van der Waals surface area contributed by atoms with E-state index >= 15 is 0 Å². The number of hydrogen-bond donors (Lipinski definition) is 0. The maximum absolute atomic E-state index is 13.2. The van der Waals surface area contributed by atoms with Crippen LogP contribution in [0, 0.1) is 0 Å². The molecule has 0 aromatic heterocycles. The average Bonchev–Trinajstić information content (AvgIpc) is 2.37. The Bertz CT molecular complexity index is 406. The first-order valence-electron chi connectivity index (χ1n) is 5.78. The fourth-order valence-electron chi connectivity index (χ4n) is 1.75. The number of alkyl halides is 3. The highest BCUT2D eigenvalue weighted by atomic mass is 79.9. The largest absolute Gasteiger partial charge is 0.405 e. The average molecular weight is 356 g/mol. The topological polar surface area (TPSA) is 12.5 Å². The summed E-state index contributed by atoms with van der Waals surface area (Å²) < 4.78 is 47.2. The molecule has 0 radical (unpaired) electrons. The van der Waals surface area contributed by atoms with Crippen LogP contribution < -0.4 is 0 Å². The van der Waals surface area contributed by atoms with Crippen molar-refractivity contribution in [2.45, 2.75) is 11.4 Å². The Morgan fingerprint density at radius 1 is 1.16 bits per heavy atom. The van der Waals surface area contributed by atoms with Crippen LogP contribution in [0.15, 0.2) is 28.7 Å². The molecule has 2 rings (SSSR count). The van der Waals surface area contributed by atoms with Crippen LogP contribution in [0.1, 0.15) is 10.8 Å². The molecule has 7 heteroatoms. The minimum absolute atomic E-state index is 0.271. The summed E-state index contributed by atoms with van der Waals surface area (Å²) in [6.07, 6.45) is -4.27. The zero-order chi connectivity index (χ0) is 13.9. The summed E-state index contributed by atoms with van der Waals surface area (Å²) in [4.78, 5) is 0. The molecule has 1 saturated heterocycles. The Morgan fingerprint density at radius 2 is 1.74 bits per heavy atom. The molecule has 0 amide bonds. The predicted octanol–water partition coefficient (Wildman–Crippen LogP) is 4.03. The van der Waals surface area contributed by atoms with E-state index in [1.54, 1.807) is 16.4 Å². The molecule has 0 spiro atoms. The molecule has 19 heavy (non-hydrogen) atoms. The van der Waals surface area contributed by atoms with Crippen molar-refractivity contribution in [3.63, 3.8) is 0 Å². The van der Waals surface area contributed by atoms with Gasteiger partial charge in [-0.2, -0.15) is 13.2 Å². The summed E-state index contributed by atoms with van der Waals surface area (Å²) in [5.74, 6) is 0. The first-order valence-corrected chi connectivity index (χ1v) is 7.41. The van der Waals surface area contributed by atoms with E-state index in [4.69, 9.17) is 4.74 Å². The lowest BCUT2D eigenvalue weighted by atomic mass is 10.1. The van der Waals surface area contributed by atoms with Gasteiger partial charge in [0.1, 0.15) is 5.25 Å². The number of nitrogens with zero attached hydrogens (tertiary/aromatic N) is 1. The molecule has 1 unspecified atom stereocenters. The molecule has 0 bridgehead atoms. The first-order chi connectivity index (χ1) is 8.97. The third kappa shape index (κ3) is 4.37. The molecule has 1 aromatic carbocycles. The molecule has 0 N–H and O–H groups in total. The van der Waals surface area contributed by atoms with Crippen molar-refractivity contribution in [3.05, 3.63) is 34.3 Å². The van der Waals surface area contributed by atoms with Gasteiger partial charge in [-0.1, -0.05) is 40.0 Å². The number of hydrogen-bond acceptors (Lipinski definition) is 3. The third-order valence-electron chi connectivity index (χ3n) is 2.69. The lowest BCUT2D eigenvalue weighted by Gasteiger charge is -2.30. The molecule has 1 aromatic rings. The SMILES string of the molecule is FC(F)(F)C(SN1CCOCC1)c1ccc(Br)cc1. The van der Waals surface area contributed by atoms with Gasteiger partial charge in [-0.15, -0.1) is 0 Å². The Labute approximate surface area is 122 Å². The second-order valence-electron chi connectivity index (χ2n) is 4.12. The Morgan fingerprint density at radius 3 is 2.26 bits per heavy atom. The van der Waals surface area contributed by atoms with Crippen LogP contribution in [0.4, 0.5) is 13.2 Å². The van der Waals surface area contributed by atoms with Crippen LogP contribution >= 0.6 is 27.9 Å². The van der Waals surface area contributed by atoms with E-state index in [0.717, 1.165) is 16.4 Å². The normalized spacial score (nSPS) is 19.4. The van der Waals surface area contributed by atoms with Gasteiger partial charge >= 0.3 is 6.18 Å². The van der Waals surface area contributed by atoms with E-state index in [9.17, 15) is 13.2 Å². The standard InChI is InChI=1S/C12H13BrF3NOS/c13-10-3-1-9(2-4-10)11(12(14,15)16)19-17-5-7-18-8-6-17/h1-4,11H,5-8H2. The Balaban J connectivity index is 2.13. The highest BCUT2D eigenvalue weighted by molar-refractivity contribution is 9.10. The molecule has 0 saturated carbocycles. The van der Waals surface area contributed by atoms with Gasteiger partial charge in [-0.05, 0) is 17.7 Å². The van der Waals surface area contributed by atoms with Crippen LogP contribution in [0.5, 0.6) is 0 Å². The lowest BCUT2D eigenvalue weighted by Crippen LogP contribution is -2.33. The monoisotopic (exact) mass is 355 g/mol. The quantitative estimate of drug-likeness (QED) is 0.759. The smallest absolute Gasteiger partial charge is 0.379 e. The van der Waals surface area contributed by atoms with Crippen molar-refractivity contribution >= 4 is 27.9 Å². The van der Waals surface area contributed by atoms with Crippen molar-refractivity contribution in [2.75, 3.05) is 26.3 Å². The van der Waals surface area contributed by atoms with Crippen LogP contribution in [0.2, 0.25) is 0 Å². The summed E-state index contributed by atoms with van der Waals surface area (Å²) in [6, 6.07) is 6.28. The number of rotatable bonds is 3. The van der Waals surface area contributed by atoms with Crippen molar-refractivity contribution in [1.29, 1.82) is 0 Å². The number of benzene rings is 1.